The molecule has 1 N–H and O–H groups in total. The average molecular weight is 541 g/mol. The highest BCUT2D eigenvalue weighted by atomic mass is 79.9. The Bertz CT molecular complexity index is 1160. The molecule has 0 spiro atoms. The Morgan fingerprint density at radius 3 is 2.49 bits per heavy atom. The number of amides is 1. The van der Waals surface area contributed by atoms with Crippen molar-refractivity contribution in [3.05, 3.63) is 51.1 Å². The van der Waals surface area contributed by atoms with Crippen LogP contribution in [0.1, 0.15) is 92.4 Å². The fourth-order valence-corrected chi connectivity index (χ4v) is 5.60. The monoisotopic (exact) mass is 539 g/mol. The molecule has 1 aromatic carbocycles. The van der Waals surface area contributed by atoms with E-state index in [9.17, 15) is 9.59 Å². The molecule has 3 aliphatic rings. The Labute approximate surface area is 216 Å². The lowest BCUT2D eigenvalue weighted by molar-refractivity contribution is -0.161. The van der Waals surface area contributed by atoms with Crippen molar-refractivity contribution in [3.8, 4) is 0 Å². The van der Waals surface area contributed by atoms with E-state index in [4.69, 9.17) is 9.72 Å². The van der Waals surface area contributed by atoms with Crippen molar-refractivity contribution in [1.82, 2.24) is 9.88 Å². The first-order valence-corrected chi connectivity index (χ1v) is 13.5. The van der Waals surface area contributed by atoms with Crippen molar-refractivity contribution in [1.29, 1.82) is 0 Å². The molecule has 2 saturated carbocycles. The average Bonchev–Trinajstić information content (AvgIpc) is 3.59. The van der Waals surface area contributed by atoms with E-state index in [1.807, 2.05) is 37.8 Å². The number of nitrogens with one attached hydrogen (secondary N) is 1. The molecule has 5 rings (SSSR count). The number of halogens is 1. The molecule has 186 valence electrons. The Morgan fingerprint density at radius 2 is 1.83 bits per heavy atom. The summed E-state index contributed by atoms with van der Waals surface area (Å²) >= 11 is 3.66. The maximum Gasteiger partial charge on any atom is 0.309 e. The number of anilines is 2. The fourth-order valence-electron chi connectivity index (χ4n) is 5.24. The number of carbonyl (C=O) groups is 2. The van der Waals surface area contributed by atoms with Crippen LogP contribution >= 0.6 is 15.9 Å². The Morgan fingerprint density at radius 1 is 1.11 bits per heavy atom. The number of fused-ring (bicyclic) bond motifs is 1. The molecule has 0 saturated heterocycles. The first kappa shape index (κ1) is 24.3. The minimum Gasteiger partial charge on any atom is -0.460 e. The summed E-state index contributed by atoms with van der Waals surface area (Å²) in [5.41, 5.74) is 4.60. The van der Waals surface area contributed by atoms with Gasteiger partial charge in [0, 0.05) is 28.3 Å². The van der Waals surface area contributed by atoms with Crippen LogP contribution in [0.2, 0.25) is 0 Å². The van der Waals surface area contributed by atoms with E-state index >= 15 is 0 Å². The fraction of sp³-hybridized carbons (Fsp3) is 0.536. The molecule has 7 heteroatoms. The van der Waals surface area contributed by atoms with Gasteiger partial charge in [-0.3, -0.25) is 9.59 Å². The second kappa shape index (κ2) is 9.23. The summed E-state index contributed by atoms with van der Waals surface area (Å²) in [6.45, 7) is 8.38. The lowest BCUT2D eigenvalue weighted by atomic mass is 9.85. The van der Waals surface area contributed by atoms with Crippen LogP contribution in [0, 0.1) is 12.8 Å². The van der Waals surface area contributed by atoms with Crippen LogP contribution in [-0.4, -0.2) is 33.4 Å². The Kier molecular flexibility index (Phi) is 6.41. The van der Waals surface area contributed by atoms with Crippen LogP contribution in [0.4, 0.5) is 11.5 Å². The van der Waals surface area contributed by atoms with Crippen molar-refractivity contribution < 1.29 is 14.3 Å². The normalized spacial score (nSPS) is 22.2. The quantitative estimate of drug-likeness (QED) is 0.431. The van der Waals surface area contributed by atoms with Crippen LogP contribution in [0.3, 0.4) is 0 Å². The van der Waals surface area contributed by atoms with Crippen molar-refractivity contribution in [3.63, 3.8) is 0 Å². The molecule has 0 radical (unpaired) electrons. The van der Waals surface area contributed by atoms with E-state index in [-0.39, 0.29) is 23.8 Å². The van der Waals surface area contributed by atoms with Gasteiger partial charge in [0.15, 0.2) is 0 Å². The topological polar surface area (TPSA) is 71.5 Å². The second-order valence-electron chi connectivity index (χ2n) is 11.3. The molecular weight excluding hydrogens is 506 g/mol. The molecule has 0 bridgehead atoms. The zero-order valence-electron chi connectivity index (χ0n) is 21.0. The first-order chi connectivity index (χ1) is 16.6. The molecule has 2 heterocycles. The number of rotatable bonds is 5. The maximum atomic E-state index is 13.3. The lowest BCUT2D eigenvalue weighted by Crippen LogP contribution is -2.40. The van der Waals surface area contributed by atoms with Gasteiger partial charge in [0.25, 0.3) is 5.91 Å². The van der Waals surface area contributed by atoms with E-state index in [1.54, 1.807) is 0 Å². The molecule has 6 nitrogen and oxygen atoms in total. The SMILES string of the molecule is Cc1cc(Nc2ccc3c(n2)C(=O)N([C@H]2CC[C@H](C(=O)OC(C)(C)C)CC2)C3)c(C2CC2)cc1Br. The molecule has 0 atom stereocenters. The van der Waals surface area contributed by atoms with Crippen molar-refractivity contribution in [2.45, 2.75) is 90.3 Å². The first-order valence-electron chi connectivity index (χ1n) is 12.7. The highest BCUT2D eigenvalue weighted by molar-refractivity contribution is 9.10. The van der Waals surface area contributed by atoms with E-state index in [0.29, 0.717) is 24.0 Å². The third-order valence-electron chi connectivity index (χ3n) is 7.27. The van der Waals surface area contributed by atoms with Crippen LogP contribution in [0.5, 0.6) is 0 Å². The number of hydrogen-bond donors (Lipinski definition) is 1. The number of benzene rings is 1. The van der Waals surface area contributed by atoms with Gasteiger partial charge in [0.05, 0.1) is 5.92 Å². The maximum absolute atomic E-state index is 13.3. The number of aromatic nitrogens is 1. The van der Waals surface area contributed by atoms with Crippen molar-refractivity contribution >= 4 is 39.3 Å². The van der Waals surface area contributed by atoms with E-state index < -0.39 is 5.60 Å². The highest BCUT2D eigenvalue weighted by Crippen LogP contribution is 2.45. The van der Waals surface area contributed by atoms with Gasteiger partial charge in [0.2, 0.25) is 0 Å². The molecule has 2 aromatic rings. The predicted molar refractivity (Wildman–Crippen MR) is 140 cm³/mol. The molecular formula is C28H34BrN3O3. The van der Waals surface area contributed by atoms with Crippen LogP contribution in [-0.2, 0) is 16.1 Å². The summed E-state index contributed by atoms with van der Waals surface area (Å²) in [6.07, 6.45) is 5.58. The standard InChI is InChI=1S/C28H34BrN3O3/c1-16-13-23(21(14-22(16)29)17-5-6-17)30-24-12-9-19-15-32(26(33)25(19)31-24)20-10-7-18(8-11-20)27(34)35-28(2,3)4/h9,12-14,17-18,20H,5-8,10-11,15H2,1-4H3,(H,30,31)/t18-,20-. The molecule has 1 amide bonds. The smallest absolute Gasteiger partial charge is 0.309 e. The summed E-state index contributed by atoms with van der Waals surface area (Å²) in [5.74, 6) is 1.11. The molecule has 35 heavy (non-hydrogen) atoms. The Hall–Kier alpha value is -2.41. The minimum absolute atomic E-state index is 0.00114. The third kappa shape index (κ3) is 5.25. The molecule has 2 fully saturated rings. The summed E-state index contributed by atoms with van der Waals surface area (Å²) in [7, 11) is 0. The predicted octanol–water partition coefficient (Wildman–Crippen LogP) is 6.63. The van der Waals surface area contributed by atoms with Gasteiger partial charge in [-0.1, -0.05) is 22.0 Å². The van der Waals surface area contributed by atoms with Gasteiger partial charge in [-0.2, -0.15) is 0 Å². The van der Waals surface area contributed by atoms with Crippen molar-refractivity contribution in [2.75, 3.05) is 5.32 Å². The van der Waals surface area contributed by atoms with Gasteiger partial charge >= 0.3 is 5.97 Å². The number of pyridine rings is 1. The van der Waals surface area contributed by atoms with Crippen molar-refractivity contribution in [2.24, 2.45) is 5.92 Å². The van der Waals surface area contributed by atoms with Crippen LogP contribution < -0.4 is 5.32 Å². The number of esters is 1. The van der Waals surface area contributed by atoms with Gasteiger partial charge in [-0.05, 0) is 101 Å². The summed E-state index contributed by atoms with van der Waals surface area (Å²) in [4.78, 5) is 32.5. The number of nitrogens with zero attached hydrogens (tertiary/aromatic N) is 2. The van der Waals surface area contributed by atoms with E-state index in [0.717, 1.165) is 41.4 Å². The van der Waals surface area contributed by atoms with E-state index in [1.165, 1.54) is 24.0 Å². The number of carbonyl (C=O) groups excluding carboxylic acids is 2. The molecule has 2 aliphatic carbocycles. The Balaban J connectivity index is 1.26. The molecule has 1 aromatic heterocycles. The minimum atomic E-state index is -0.466. The zero-order valence-corrected chi connectivity index (χ0v) is 22.6. The van der Waals surface area contributed by atoms with Crippen LogP contribution in [0.15, 0.2) is 28.7 Å². The lowest BCUT2D eigenvalue weighted by Gasteiger charge is -2.34. The largest absolute Gasteiger partial charge is 0.460 e. The van der Waals surface area contributed by atoms with Gasteiger partial charge in [0.1, 0.15) is 17.1 Å². The van der Waals surface area contributed by atoms with Gasteiger partial charge < -0.3 is 15.0 Å². The zero-order chi connectivity index (χ0) is 24.9. The van der Waals surface area contributed by atoms with E-state index in [2.05, 4.69) is 40.3 Å². The second-order valence-corrected chi connectivity index (χ2v) is 12.1. The molecule has 1 aliphatic heterocycles. The summed E-state index contributed by atoms with van der Waals surface area (Å²) < 4.78 is 6.70. The highest BCUT2D eigenvalue weighted by Gasteiger charge is 2.38. The summed E-state index contributed by atoms with van der Waals surface area (Å²) in [5, 5.41) is 3.49. The number of aryl methyl sites for hydroxylation is 1. The number of hydrogen-bond acceptors (Lipinski definition) is 5. The van der Waals surface area contributed by atoms with Crippen LogP contribution in [0.25, 0.3) is 0 Å². The third-order valence-corrected chi connectivity index (χ3v) is 8.13. The van der Waals surface area contributed by atoms with Gasteiger partial charge in [-0.15, -0.1) is 0 Å². The molecule has 0 unspecified atom stereocenters. The number of ether oxygens (including phenoxy) is 1. The van der Waals surface area contributed by atoms with Gasteiger partial charge in [-0.25, -0.2) is 4.98 Å². The summed E-state index contributed by atoms with van der Waals surface area (Å²) in [6, 6.07) is 8.51.